The van der Waals surface area contributed by atoms with E-state index >= 15 is 0 Å². The van der Waals surface area contributed by atoms with Crippen LogP contribution in [0, 0.1) is 0 Å². The Morgan fingerprint density at radius 2 is 1.79 bits per heavy atom. The number of carbonyl (C=O) groups is 1. The van der Waals surface area contributed by atoms with Crippen molar-refractivity contribution in [3.8, 4) is 0 Å². The summed E-state index contributed by atoms with van der Waals surface area (Å²) >= 11 is 0. The molecule has 3 heterocycles. The summed E-state index contributed by atoms with van der Waals surface area (Å²) < 4.78 is 67.0. The summed E-state index contributed by atoms with van der Waals surface area (Å²) in [5.74, 6) is -0.195. The molecule has 0 radical (unpaired) electrons. The SMILES string of the molecule is O=C(c1cc2nc(C3CC3)cc(C(F)F)n2n1)N1CCN(Cc2cccc(C(F)(F)F)c2)CC1. The molecular formula is C23H22F5N5O. The molecule has 6 nitrogen and oxygen atoms in total. The number of benzene rings is 1. The number of carbonyl (C=O) groups excluding carboxylic acids is 1. The molecule has 1 amide bonds. The van der Waals surface area contributed by atoms with E-state index in [4.69, 9.17) is 0 Å². The minimum Gasteiger partial charge on any atom is -0.335 e. The van der Waals surface area contributed by atoms with E-state index in [9.17, 15) is 26.7 Å². The Balaban J connectivity index is 1.26. The minimum atomic E-state index is -4.40. The van der Waals surface area contributed by atoms with Crippen LogP contribution in [0.4, 0.5) is 22.0 Å². The molecular weight excluding hydrogens is 457 g/mol. The van der Waals surface area contributed by atoms with Crippen molar-refractivity contribution in [3.05, 3.63) is 64.6 Å². The molecule has 2 fully saturated rings. The summed E-state index contributed by atoms with van der Waals surface area (Å²) in [5, 5.41) is 4.11. The summed E-state index contributed by atoms with van der Waals surface area (Å²) in [5.41, 5.74) is 0.459. The summed E-state index contributed by atoms with van der Waals surface area (Å²) in [6.07, 6.45) is -5.31. The highest BCUT2D eigenvalue weighted by Crippen LogP contribution is 2.40. The van der Waals surface area contributed by atoms with E-state index < -0.39 is 18.2 Å². The lowest BCUT2D eigenvalue weighted by Gasteiger charge is -2.34. The number of nitrogens with zero attached hydrogens (tertiary/aromatic N) is 5. The van der Waals surface area contributed by atoms with Crippen LogP contribution >= 0.6 is 0 Å². The number of alkyl halides is 5. The van der Waals surface area contributed by atoms with E-state index in [0.29, 0.717) is 44.0 Å². The summed E-state index contributed by atoms with van der Waals surface area (Å²) in [6.45, 7) is 2.00. The minimum absolute atomic E-state index is 0.0497. The van der Waals surface area contributed by atoms with Gasteiger partial charge < -0.3 is 4.90 Å². The Labute approximate surface area is 192 Å². The first-order valence-corrected chi connectivity index (χ1v) is 11.1. The Morgan fingerprint density at radius 3 is 2.44 bits per heavy atom. The molecule has 3 aromatic rings. The first-order valence-electron chi connectivity index (χ1n) is 11.1. The topological polar surface area (TPSA) is 53.7 Å². The van der Waals surface area contributed by atoms with Gasteiger partial charge in [-0.1, -0.05) is 18.2 Å². The summed E-state index contributed by atoms with van der Waals surface area (Å²) in [7, 11) is 0. The number of halogens is 5. The van der Waals surface area contributed by atoms with Crippen molar-refractivity contribution in [3.63, 3.8) is 0 Å². The van der Waals surface area contributed by atoms with Gasteiger partial charge in [0, 0.05) is 50.4 Å². The molecule has 1 aliphatic carbocycles. The maximum absolute atomic E-state index is 13.6. The number of hydrogen-bond acceptors (Lipinski definition) is 4. The monoisotopic (exact) mass is 479 g/mol. The van der Waals surface area contributed by atoms with Crippen LogP contribution in [0.2, 0.25) is 0 Å². The molecule has 1 aliphatic heterocycles. The van der Waals surface area contributed by atoms with Crippen molar-refractivity contribution in [2.24, 2.45) is 0 Å². The lowest BCUT2D eigenvalue weighted by molar-refractivity contribution is -0.137. The van der Waals surface area contributed by atoms with Crippen LogP contribution in [-0.4, -0.2) is 56.5 Å². The van der Waals surface area contributed by atoms with Crippen LogP contribution in [0.15, 0.2) is 36.4 Å². The Hall–Kier alpha value is -3.08. The van der Waals surface area contributed by atoms with Crippen molar-refractivity contribution in [1.29, 1.82) is 0 Å². The molecule has 0 bridgehead atoms. The molecule has 1 aromatic carbocycles. The van der Waals surface area contributed by atoms with Gasteiger partial charge in [0.1, 0.15) is 5.69 Å². The molecule has 0 atom stereocenters. The summed E-state index contributed by atoms with van der Waals surface area (Å²) in [6, 6.07) is 8.01. The highest BCUT2D eigenvalue weighted by atomic mass is 19.4. The number of amides is 1. The van der Waals surface area contributed by atoms with Crippen LogP contribution in [-0.2, 0) is 12.7 Å². The van der Waals surface area contributed by atoms with E-state index in [1.807, 2.05) is 4.90 Å². The molecule has 1 saturated carbocycles. The third kappa shape index (κ3) is 4.61. The fraction of sp³-hybridized carbons (Fsp3) is 0.435. The van der Waals surface area contributed by atoms with Crippen molar-refractivity contribution < 1.29 is 26.7 Å². The normalized spacial score (nSPS) is 17.6. The second kappa shape index (κ2) is 8.61. The quantitative estimate of drug-likeness (QED) is 0.505. The van der Waals surface area contributed by atoms with E-state index in [1.165, 1.54) is 18.2 Å². The summed E-state index contributed by atoms with van der Waals surface area (Å²) in [4.78, 5) is 21.0. The Morgan fingerprint density at radius 1 is 1.06 bits per heavy atom. The predicted molar refractivity (Wildman–Crippen MR) is 113 cm³/mol. The van der Waals surface area contributed by atoms with Crippen molar-refractivity contribution >= 4 is 11.6 Å². The standard InChI is InChI=1S/C23H22F5N5O/c24-21(25)19-11-17(15-4-5-15)29-20-12-18(30-33(19)20)22(34)32-8-6-31(7-9-32)13-14-2-1-3-16(10-14)23(26,27)28/h1-3,10-12,15,21H,4-9,13H2. The smallest absolute Gasteiger partial charge is 0.335 e. The molecule has 34 heavy (non-hydrogen) atoms. The molecule has 180 valence electrons. The van der Waals surface area contributed by atoms with Gasteiger partial charge in [-0.25, -0.2) is 18.3 Å². The number of piperazine rings is 1. The Kier molecular flexibility index (Phi) is 5.75. The number of rotatable bonds is 5. The molecule has 2 aliphatic rings. The van der Waals surface area contributed by atoms with E-state index in [2.05, 4.69) is 10.1 Å². The molecule has 0 unspecified atom stereocenters. The van der Waals surface area contributed by atoms with Gasteiger partial charge in [0.15, 0.2) is 11.3 Å². The van der Waals surface area contributed by atoms with Gasteiger partial charge in [-0.15, -0.1) is 0 Å². The van der Waals surface area contributed by atoms with Gasteiger partial charge in [-0.3, -0.25) is 9.69 Å². The fourth-order valence-electron chi connectivity index (χ4n) is 4.24. The number of hydrogen-bond donors (Lipinski definition) is 0. The first-order chi connectivity index (χ1) is 16.2. The molecule has 5 rings (SSSR count). The van der Waals surface area contributed by atoms with Gasteiger partial charge in [-0.05, 0) is 30.5 Å². The lowest BCUT2D eigenvalue weighted by Crippen LogP contribution is -2.48. The van der Waals surface area contributed by atoms with Crippen LogP contribution < -0.4 is 0 Å². The van der Waals surface area contributed by atoms with Crippen molar-refractivity contribution in [2.75, 3.05) is 26.2 Å². The number of fused-ring (bicyclic) bond motifs is 1. The van der Waals surface area contributed by atoms with Crippen LogP contribution in [0.5, 0.6) is 0 Å². The fourth-order valence-corrected chi connectivity index (χ4v) is 4.24. The third-order valence-electron chi connectivity index (χ3n) is 6.23. The van der Waals surface area contributed by atoms with Gasteiger partial charge in [0.2, 0.25) is 0 Å². The van der Waals surface area contributed by atoms with Gasteiger partial charge in [0.25, 0.3) is 12.3 Å². The Bertz CT molecular complexity index is 1210. The second-order valence-electron chi connectivity index (χ2n) is 8.75. The number of aromatic nitrogens is 3. The van der Waals surface area contributed by atoms with Crippen LogP contribution in [0.3, 0.4) is 0 Å². The van der Waals surface area contributed by atoms with Crippen molar-refractivity contribution in [2.45, 2.75) is 37.9 Å². The highest BCUT2D eigenvalue weighted by molar-refractivity contribution is 5.93. The molecule has 1 saturated heterocycles. The van der Waals surface area contributed by atoms with Crippen LogP contribution in [0.25, 0.3) is 5.65 Å². The molecule has 11 heteroatoms. The van der Waals surface area contributed by atoms with Gasteiger partial charge >= 0.3 is 6.18 Å². The molecule has 0 spiro atoms. The largest absolute Gasteiger partial charge is 0.416 e. The van der Waals surface area contributed by atoms with Crippen LogP contribution in [0.1, 0.15) is 58.2 Å². The van der Waals surface area contributed by atoms with E-state index in [1.54, 1.807) is 11.0 Å². The molecule has 0 N–H and O–H groups in total. The maximum Gasteiger partial charge on any atom is 0.416 e. The zero-order valence-electron chi connectivity index (χ0n) is 18.1. The zero-order valence-corrected chi connectivity index (χ0v) is 18.1. The zero-order chi connectivity index (χ0) is 24.0. The second-order valence-corrected chi connectivity index (χ2v) is 8.75. The van der Waals surface area contributed by atoms with Crippen molar-refractivity contribution in [1.82, 2.24) is 24.4 Å². The average molecular weight is 479 g/mol. The third-order valence-corrected chi connectivity index (χ3v) is 6.23. The first kappa shape index (κ1) is 22.7. The lowest BCUT2D eigenvalue weighted by atomic mass is 10.1. The van der Waals surface area contributed by atoms with Gasteiger partial charge in [-0.2, -0.15) is 18.3 Å². The highest BCUT2D eigenvalue weighted by Gasteiger charge is 2.31. The average Bonchev–Trinajstić information content (AvgIpc) is 3.56. The predicted octanol–water partition coefficient (Wildman–Crippen LogP) is 4.52. The van der Waals surface area contributed by atoms with Gasteiger partial charge in [0.05, 0.1) is 5.56 Å². The molecule has 2 aromatic heterocycles. The maximum atomic E-state index is 13.6. The van der Waals surface area contributed by atoms with E-state index in [0.717, 1.165) is 29.5 Å². The van der Waals surface area contributed by atoms with E-state index in [-0.39, 0.29) is 28.9 Å².